The molecule has 0 radical (unpaired) electrons. The van der Waals surface area contributed by atoms with Crippen molar-refractivity contribution in [2.45, 2.75) is 0 Å². The predicted molar refractivity (Wildman–Crippen MR) is 60.6 cm³/mol. The van der Waals surface area contributed by atoms with Crippen molar-refractivity contribution in [1.82, 2.24) is 0 Å². The molecule has 0 aliphatic heterocycles. The highest BCUT2D eigenvalue weighted by Crippen LogP contribution is 2.29. The smallest absolute Gasteiger partial charge is 0.185 e. The Bertz CT molecular complexity index is 565. The van der Waals surface area contributed by atoms with Crippen LogP contribution in [-0.2, 0) is 0 Å². The van der Waals surface area contributed by atoms with Gasteiger partial charge >= 0.3 is 0 Å². The molecule has 0 aromatic heterocycles. The summed E-state index contributed by atoms with van der Waals surface area (Å²) in [7, 11) is 0. The zero-order chi connectivity index (χ0) is 12.6. The molecule has 17 heavy (non-hydrogen) atoms. The van der Waals surface area contributed by atoms with Crippen LogP contribution in [0.25, 0.3) is 11.1 Å². The second kappa shape index (κ2) is 4.01. The first kappa shape index (κ1) is 11.3. The maximum absolute atomic E-state index is 13.6. The van der Waals surface area contributed by atoms with Gasteiger partial charge < -0.3 is 11.5 Å². The maximum Gasteiger partial charge on any atom is 0.185 e. The van der Waals surface area contributed by atoms with E-state index in [1.54, 1.807) is 0 Å². The molecule has 2 nitrogen and oxygen atoms in total. The minimum atomic E-state index is -1.38. The Labute approximate surface area is 95.7 Å². The van der Waals surface area contributed by atoms with Crippen molar-refractivity contribution in [1.29, 1.82) is 0 Å². The number of anilines is 2. The van der Waals surface area contributed by atoms with Crippen molar-refractivity contribution >= 4 is 11.4 Å². The van der Waals surface area contributed by atoms with Gasteiger partial charge in [-0.05, 0) is 23.8 Å². The number of hydrogen-bond donors (Lipinski definition) is 2. The van der Waals surface area contributed by atoms with Crippen molar-refractivity contribution in [3.8, 4) is 11.1 Å². The van der Waals surface area contributed by atoms with Crippen molar-refractivity contribution in [3.05, 3.63) is 47.8 Å². The van der Waals surface area contributed by atoms with E-state index in [9.17, 15) is 13.2 Å². The molecule has 4 N–H and O–H groups in total. The predicted octanol–water partition coefficient (Wildman–Crippen LogP) is 2.94. The summed E-state index contributed by atoms with van der Waals surface area (Å²) in [6, 6.07) is 6.84. The molecule has 0 saturated carbocycles. The van der Waals surface area contributed by atoms with Crippen LogP contribution < -0.4 is 11.5 Å². The molecule has 0 heterocycles. The average molecular weight is 238 g/mol. The van der Waals surface area contributed by atoms with Crippen molar-refractivity contribution in [2.24, 2.45) is 0 Å². The lowest BCUT2D eigenvalue weighted by Crippen LogP contribution is -2.01. The van der Waals surface area contributed by atoms with Crippen LogP contribution in [0.4, 0.5) is 24.5 Å². The molecule has 0 atom stereocenters. The van der Waals surface area contributed by atoms with Gasteiger partial charge in [-0.15, -0.1) is 0 Å². The molecule has 0 saturated heterocycles. The summed E-state index contributed by atoms with van der Waals surface area (Å²) in [5, 5.41) is 0. The largest absolute Gasteiger partial charge is 0.399 e. The second-order valence-corrected chi connectivity index (χ2v) is 3.57. The fourth-order valence-corrected chi connectivity index (χ4v) is 1.48. The summed E-state index contributed by atoms with van der Waals surface area (Å²) < 4.78 is 40.1. The molecule has 0 spiro atoms. The van der Waals surface area contributed by atoms with Gasteiger partial charge in [-0.2, -0.15) is 0 Å². The first-order valence-electron chi connectivity index (χ1n) is 4.79. The summed E-state index contributed by atoms with van der Waals surface area (Å²) in [5.41, 5.74) is 10.3. The second-order valence-electron chi connectivity index (χ2n) is 3.57. The standard InChI is InChI=1S/C12H9F3N2/c13-9-5-8(10(14)11(15)12(9)17)6-1-3-7(16)4-2-6/h1-5H,16-17H2. The summed E-state index contributed by atoms with van der Waals surface area (Å²) in [6.07, 6.45) is 0. The highest BCUT2D eigenvalue weighted by atomic mass is 19.2. The Hall–Kier alpha value is -2.17. The molecule has 0 bridgehead atoms. The van der Waals surface area contributed by atoms with Gasteiger partial charge in [0.15, 0.2) is 11.6 Å². The zero-order valence-electron chi connectivity index (χ0n) is 8.68. The number of rotatable bonds is 1. The minimum absolute atomic E-state index is 0.186. The molecule has 88 valence electrons. The first-order valence-corrected chi connectivity index (χ1v) is 4.79. The molecule has 2 aromatic carbocycles. The number of nitrogen functional groups attached to an aromatic ring is 2. The van der Waals surface area contributed by atoms with Crippen molar-refractivity contribution < 1.29 is 13.2 Å². The van der Waals surface area contributed by atoms with Crippen LogP contribution in [0.3, 0.4) is 0 Å². The van der Waals surface area contributed by atoms with Gasteiger partial charge in [0.05, 0.1) is 0 Å². The molecule has 0 amide bonds. The Balaban J connectivity index is 2.64. The van der Waals surface area contributed by atoms with Gasteiger partial charge in [0.1, 0.15) is 11.5 Å². The summed E-state index contributed by atoms with van der Waals surface area (Å²) in [5.74, 6) is -3.54. The maximum atomic E-state index is 13.6. The van der Waals surface area contributed by atoms with Crippen LogP contribution in [0, 0.1) is 17.5 Å². The normalized spacial score (nSPS) is 10.5. The fourth-order valence-electron chi connectivity index (χ4n) is 1.48. The molecule has 0 aliphatic rings. The number of nitrogens with two attached hydrogens (primary N) is 2. The molecule has 2 aromatic rings. The van der Waals surface area contributed by atoms with Gasteiger partial charge in [-0.1, -0.05) is 12.1 Å². The van der Waals surface area contributed by atoms with E-state index in [0.717, 1.165) is 6.07 Å². The van der Waals surface area contributed by atoms with Crippen molar-refractivity contribution in [2.75, 3.05) is 11.5 Å². The van der Waals surface area contributed by atoms with E-state index in [-0.39, 0.29) is 5.56 Å². The lowest BCUT2D eigenvalue weighted by molar-refractivity contribution is 0.503. The van der Waals surface area contributed by atoms with Crippen LogP contribution in [-0.4, -0.2) is 0 Å². The molecule has 0 unspecified atom stereocenters. The lowest BCUT2D eigenvalue weighted by Gasteiger charge is -2.07. The third-order valence-electron chi connectivity index (χ3n) is 2.42. The fraction of sp³-hybridized carbons (Fsp3) is 0. The van der Waals surface area contributed by atoms with E-state index >= 15 is 0 Å². The monoisotopic (exact) mass is 238 g/mol. The highest BCUT2D eigenvalue weighted by molar-refractivity contribution is 5.68. The van der Waals surface area contributed by atoms with E-state index in [2.05, 4.69) is 0 Å². The SMILES string of the molecule is Nc1ccc(-c2cc(F)c(N)c(F)c2F)cc1. The molecule has 2 rings (SSSR count). The van der Waals surface area contributed by atoms with Crippen LogP contribution in [0.1, 0.15) is 0 Å². The third-order valence-corrected chi connectivity index (χ3v) is 2.42. The van der Waals surface area contributed by atoms with Gasteiger partial charge in [0.2, 0.25) is 0 Å². The van der Waals surface area contributed by atoms with Gasteiger partial charge in [0, 0.05) is 11.3 Å². The van der Waals surface area contributed by atoms with Crippen LogP contribution in [0.2, 0.25) is 0 Å². The lowest BCUT2D eigenvalue weighted by atomic mass is 10.0. The zero-order valence-corrected chi connectivity index (χ0v) is 8.68. The summed E-state index contributed by atoms with van der Waals surface area (Å²) in [4.78, 5) is 0. The Kier molecular flexibility index (Phi) is 2.67. The average Bonchev–Trinajstić information content (AvgIpc) is 2.32. The summed E-state index contributed by atoms with van der Waals surface area (Å²) in [6.45, 7) is 0. The van der Waals surface area contributed by atoms with Crippen LogP contribution in [0.15, 0.2) is 30.3 Å². The van der Waals surface area contributed by atoms with E-state index in [1.807, 2.05) is 0 Å². The first-order chi connectivity index (χ1) is 8.00. The van der Waals surface area contributed by atoms with E-state index < -0.39 is 23.1 Å². The van der Waals surface area contributed by atoms with Gasteiger partial charge in [-0.3, -0.25) is 0 Å². The van der Waals surface area contributed by atoms with Crippen LogP contribution >= 0.6 is 0 Å². The molecular weight excluding hydrogens is 229 g/mol. The number of halogens is 3. The molecule has 0 aliphatic carbocycles. The topological polar surface area (TPSA) is 52.0 Å². The van der Waals surface area contributed by atoms with Crippen molar-refractivity contribution in [3.63, 3.8) is 0 Å². The summed E-state index contributed by atoms with van der Waals surface area (Å²) >= 11 is 0. The number of hydrogen-bond acceptors (Lipinski definition) is 2. The Morgan fingerprint density at radius 1 is 0.824 bits per heavy atom. The molecule has 0 fully saturated rings. The van der Waals surface area contributed by atoms with Gasteiger partial charge in [0.25, 0.3) is 0 Å². The third kappa shape index (κ3) is 1.91. The van der Waals surface area contributed by atoms with Gasteiger partial charge in [-0.25, -0.2) is 13.2 Å². The van der Waals surface area contributed by atoms with E-state index in [0.29, 0.717) is 11.3 Å². The van der Waals surface area contributed by atoms with Crippen LogP contribution in [0.5, 0.6) is 0 Å². The van der Waals surface area contributed by atoms with E-state index in [4.69, 9.17) is 11.5 Å². The van der Waals surface area contributed by atoms with E-state index in [1.165, 1.54) is 24.3 Å². The molecular formula is C12H9F3N2. The quantitative estimate of drug-likeness (QED) is 0.592. The minimum Gasteiger partial charge on any atom is -0.399 e. The Morgan fingerprint density at radius 3 is 2.00 bits per heavy atom. The number of benzene rings is 2. The Morgan fingerprint density at radius 2 is 1.41 bits per heavy atom. The molecule has 5 heteroatoms. The highest BCUT2D eigenvalue weighted by Gasteiger charge is 2.17.